The van der Waals surface area contributed by atoms with Gasteiger partial charge >= 0.3 is 89.8 Å². The Morgan fingerprint density at radius 3 is 2.69 bits per heavy atom. The molecule has 0 radical (unpaired) electrons. The molecule has 0 amide bonds. The molecular formula is C11H12OW. The van der Waals surface area contributed by atoms with E-state index in [1.807, 2.05) is 31.2 Å². The van der Waals surface area contributed by atoms with Crippen molar-refractivity contribution in [3.8, 4) is 0 Å². The Bertz CT molecular complexity index is 290. The van der Waals surface area contributed by atoms with Crippen molar-refractivity contribution in [1.29, 1.82) is 0 Å². The summed E-state index contributed by atoms with van der Waals surface area (Å²) in [6.07, 6.45) is 4.09. The normalized spacial score (nSPS) is 10.5. The van der Waals surface area contributed by atoms with Crippen LogP contribution in [0, 0.1) is 0 Å². The summed E-state index contributed by atoms with van der Waals surface area (Å²) in [5.41, 5.74) is 1.21. The summed E-state index contributed by atoms with van der Waals surface area (Å²) in [5.74, 6) is 0. The van der Waals surface area contributed by atoms with E-state index in [1.54, 1.807) is 0 Å². The molecule has 0 aliphatic heterocycles. The summed E-state index contributed by atoms with van der Waals surface area (Å²) in [6, 6.07) is 10.2. The van der Waals surface area contributed by atoms with Crippen LogP contribution < -0.4 is 0 Å². The third kappa shape index (κ3) is 4.30. The van der Waals surface area contributed by atoms with E-state index < -0.39 is 0 Å². The Morgan fingerprint density at radius 2 is 2.08 bits per heavy atom. The van der Waals surface area contributed by atoms with Gasteiger partial charge in [0.2, 0.25) is 0 Å². The van der Waals surface area contributed by atoms with Crippen molar-refractivity contribution >= 4 is 10.2 Å². The monoisotopic (exact) mass is 344 g/mol. The van der Waals surface area contributed by atoms with E-state index in [-0.39, 0.29) is 0 Å². The fourth-order valence-electron chi connectivity index (χ4n) is 0.919. The Hall–Kier alpha value is -0.522. The van der Waals surface area contributed by atoms with Gasteiger partial charge in [0.25, 0.3) is 0 Å². The fraction of sp³-hybridized carbons (Fsp3) is 0.182. The molecule has 1 aromatic rings. The number of benzene rings is 1. The molecule has 0 saturated carbocycles. The molecule has 0 fully saturated rings. The molecule has 2 heteroatoms. The zero-order chi connectivity index (χ0) is 9.52. The fourth-order valence-corrected chi connectivity index (χ4v) is 1.59. The van der Waals surface area contributed by atoms with Gasteiger partial charge in [-0.1, -0.05) is 0 Å². The zero-order valence-electron chi connectivity index (χ0n) is 7.57. The van der Waals surface area contributed by atoms with E-state index >= 15 is 0 Å². The minimum atomic E-state index is 0.748. The molecule has 0 heterocycles. The molecule has 1 rings (SSSR count). The second-order valence-electron chi connectivity index (χ2n) is 2.50. The van der Waals surface area contributed by atoms with Crippen molar-refractivity contribution in [1.82, 2.24) is 0 Å². The molecule has 0 unspecified atom stereocenters. The van der Waals surface area contributed by atoms with E-state index in [1.165, 1.54) is 24.9 Å². The SMILES string of the molecule is CCO[C](=[W])/C=C/c1ccccc1. The van der Waals surface area contributed by atoms with Gasteiger partial charge in [0.15, 0.2) is 0 Å². The van der Waals surface area contributed by atoms with Crippen LogP contribution >= 0.6 is 0 Å². The van der Waals surface area contributed by atoms with Gasteiger partial charge in [0.05, 0.1) is 0 Å². The average Bonchev–Trinajstić information content (AvgIpc) is 2.17. The zero-order valence-corrected chi connectivity index (χ0v) is 10.5. The van der Waals surface area contributed by atoms with E-state index in [9.17, 15) is 0 Å². The minimum absolute atomic E-state index is 0.748. The van der Waals surface area contributed by atoms with Crippen LogP contribution in [-0.2, 0) is 24.1 Å². The average molecular weight is 344 g/mol. The van der Waals surface area contributed by atoms with Crippen LogP contribution in [0.3, 0.4) is 0 Å². The van der Waals surface area contributed by atoms with Gasteiger partial charge in [-0.05, 0) is 0 Å². The molecule has 0 aliphatic rings. The van der Waals surface area contributed by atoms with Crippen molar-refractivity contribution in [2.45, 2.75) is 6.92 Å². The van der Waals surface area contributed by atoms with Gasteiger partial charge in [-0.15, -0.1) is 0 Å². The molecule has 13 heavy (non-hydrogen) atoms. The molecular weight excluding hydrogens is 332 g/mol. The first-order chi connectivity index (χ1) is 6.33. The van der Waals surface area contributed by atoms with Crippen molar-refractivity contribution in [2.24, 2.45) is 0 Å². The quantitative estimate of drug-likeness (QED) is 0.815. The van der Waals surface area contributed by atoms with Gasteiger partial charge in [0, 0.05) is 0 Å². The Kier molecular flexibility index (Phi) is 4.88. The number of hydrogen-bond acceptors (Lipinski definition) is 1. The van der Waals surface area contributed by atoms with Gasteiger partial charge in [-0.2, -0.15) is 0 Å². The summed E-state index contributed by atoms with van der Waals surface area (Å²) in [4.78, 5) is 0. The van der Waals surface area contributed by atoms with Crippen LogP contribution in [0.5, 0.6) is 0 Å². The molecule has 0 aliphatic carbocycles. The predicted molar refractivity (Wildman–Crippen MR) is 52.1 cm³/mol. The molecule has 0 bridgehead atoms. The van der Waals surface area contributed by atoms with Gasteiger partial charge in [-0.25, -0.2) is 0 Å². The molecule has 0 atom stereocenters. The molecule has 1 nitrogen and oxygen atoms in total. The maximum atomic E-state index is 5.33. The third-order valence-corrected chi connectivity index (χ3v) is 2.41. The van der Waals surface area contributed by atoms with Crippen molar-refractivity contribution in [2.75, 3.05) is 6.61 Å². The second-order valence-corrected chi connectivity index (χ2v) is 3.94. The van der Waals surface area contributed by atoms with E-state index in [0.717, 1.165) is 10.7 Å². The van der Waals surface area contributed by atoms with Crippen LogP contribution in [0.15, 0.2) is 36.4 Å². The van der Waals surface area contributed by atoms with Crippen LogP contribution in [0.25, 0.3) is 6.08 Å². The van der Waals surface area contributed by atoms with E-state index in [0.29, 0.717) is 0 Å². The number of ether oxygens (including phenoxy) is 1. The van der Waals surface area contributed by atoms with Crippen LogP contribution in [-0.4, -0.2) is 10.7 Å². The summed E-state index contributed by atoms with van der Waals surface area (Å²) in [6.45, 7) is 2.75. The van der Waals surface area contributed by atoms with Gasteiger partial charge < -0.3 is 0 Å². The van der Waals surface area contributed by atoms with Crippen molar-refractivity contribution in [3.63, 3.8) is 0 Å². The first-order valence-electron chi connectivity index (χ1n) is 4.23. The summed E-state index contributed by atoms with van der Waals surface area (Å²) in [7, 11) is 0. The maximum absolute atomic E-state index is 5.33. The van der Waals surface area contributed by atoms with Crippen LogP contribution in [0.1, 0.15) is 12.5 Å². The summed E-state index contributed by atoms with van der Waals surface area (Å²) in [5, 5.41) is 0. The number of rotatable bonds is 4. The first kappa shape index (κ1) is 10.6. The predicted octanol–water partition coefficient (Wildman–Crippen LogP) is 2.41. The topological polar surface area (TPSA) is 9.23 Å². The van der Waals surface area contributed by atoms with Crippen molar-refractivity contribution in [3.05, 3.63) is 42.0 Å². The molecule has 0 saturated heterocycles. The molecule has 1 aromatic carbocycles. The Morgan fingerprint density at radius 1 is 1.38 bits per heavy atom. The Labute approximate surface area is 89.8 Å². The molecule has 0 aromatic heterocycles. The Balaban J connectivity index is 2.54. The van der Waals surface area contributed by atoms with Crippen LogP contribution in [0.4, 0.5) is 0 Å². The van der Waals surface area contributed by atoms with Crippen LogP contribution in [0.2, 0.25) is 0 Å². The van der Waals surface area contributed by atoms with Gasteiger partial charge in [0.1, 0.15) is 0 Å². The van der Waals surface area contributed by atoms with E-state index in [2.05, 4.69) is 18.2 Å². The number of hydrogen-bond donors (Lipinski definition) is 0. The molecule has 0 spiro atoms. The summed E-state index contributed by atoms with van der Waals surface area (Å²) < 4.78 is 6.36. The molecule has 68 valence electrons. The standard InChI is InChI=1S/C11H12O.W/c1-2-12-10-6-9-11-7-4-3-5-8-11;/h3-9H,2H2,1H3;/b9-6+;. The molecule has 0 N–H and O–H groups in total. The summed E-state index contributed by atoms with van der Waals surface area (Å²) >= 11 is 1.36. The second kappa shape index (κ2) is 6.01. The first-order valence-corrected chi connectivity index (χ1v) is 5.69. The van der Waals surface area contributed by atoms with E-state index in [4.69, 9.17) is 4.74 Å². The third-order valence-electron chi connectivity index (χ3n) is 1.50. The van der Waals surface area contributed by atoms with Crippen molar-refractivity contribution < 1.29 is 24.1 Å². The van der Waals surface area contributed by atoms with Gasteiger partial charge in [-0.3, -0.25) is 0 Å².